The van der Waals surface area contributed by atoms with Crippen molar-refractivity contribution in [1.29, 1.82) is 0 Å². The molecular weight excluding hydrogens is 413 g/mol. The number of aryl methyl sites for hydroxylation is 1. The number of carboxylic acid groups (broad SMARTS) is 1. The highest BCUT2D eigenvalue weighted by molar-refractivity contribution is 7.20. The van der Waals surface area contributed by atoms with E-state index in [1.54, 1.807) is 12.1 Å². The van der Waals surface area contributed by atoms with E-state index < -0.39 is 5.97 Å². The van der Waals surface area contributed by atoms with E-state index in [0.29, 0.717) is 5.02 Å². The standard InChI is InChI=1S/C15H16ClNS.C7H5ClO2/c1-10-7-12-9-14(18-15(12)13(16)8-10)11-3-5-17(2)6-4-11;8-6-3-1-5(2-4-6)7(9)10/h3,7-9H,4-6H2,1-2H3;1-4H,(H,9,10). The van der Waals surface area contributed by atoms with E-state index in [4.69, 9.17) is 28.3 Å². The fourth-order valence-electron chi connectivity index (χ4n) is 3.00. The molecule has 1 aliphatic heterocycles. The van der Waals surface area contributed by atoms with Gasteiger partial charge in [-0.1, -0.05) is 35.3 Å². The molecular formula is C22H21Cl2NO2S. The van der Waals surface area contributed by atoms with Crippen LogP contribution >= 0.6 is 34.5 Å². The zero-order valence-corrected chi connectivity index (χ0v) is 18.0. The smallest absolute Gasteiger partial charge is 0.335 e. The van der Waals surface area contributed by atoms with Crippen LogP contribution in [0.2, 0.25) is 10.0 Å². The quantitative estimate of drug-likeness (QED) is 0.493. The molecule has 2 aromatic carbocycles. The van der Waals surface area contributed by atoms with Crippen molar-refractivity contribution in [3.8, 4) is 0 Å². The van der Waals surface area contributed by atoms with Gasteiger partial charge in [0.15, 0.2) is 0 Å². The number of hydrogen-bond acceptors (Lipinski definition) is 3. The van der Waals surface area contributed by atoms with Crippen LogP contribution in [-0.4, -0.2) is 36.1 Å². The number of carboxylic acids is 1. The van der Waals surface area contributed by atoms with Gasteiger partial charge in [0.2, 0.25) is 0 Å². The van der Waals surface area contributed by atoms with Crippen molar-refractivity contribution in [2.45, 2.75) is 13.3 Å². The Balaban J connectivity index is 0.000000192. The van der Waals surface area contributed by atoms with Gasteiger partial charge < -0.3 is 10.0 Å². The van der Waals surface area contributed by atoms with Crippen molar-refractivity contribution < 1.29 is 9.90 Å². The van der Waals surface area contributed by atoms with Crippen LogP contribution in [0.3, 0.4) is 0 Å². The summed E-state index contributed by atoms with van der Waals surface area (Å²) in [6, 6.07) is 12.6. The molecule has 28 heavy (non-hydrogen) atoms. The minimum Gasteiger partial charge on any atom is -0.478 e. The number of benzene rings is 2. The van der Waals surface area contributed by atoms with Crippen LogP contribution < -0.4 is 0 Å². The normalized spacial score (nSPS) is 14.4. The Morgan fingerprint density at radius 2 is 1.86 bits per heavy atom. The molecule has 0 saturated carbocycles. The first-order valence-electron chi connectivity index (χ1n) is 8.90. The summed E-state index contributed by atoms with van der Waals surface area (Å²) in [5.74, 6) is -0.934. The predicted molar refractivity (Wildman–Crippen MR) is 120 cm³/mol. The van der Waals surface area contributed by atoms with E-state index in [0.717, 1.165) is 24.5 Å². The Morgan fingerprint density at radius 3 is 2.46 bits per heavy atom. The van der Waals surface area contributed by atoms with Gasteiger partial charge in [0, 0.05) is 23.0 Å². The van der Waals surface area contributed by atoms with Crippen LogP contribution in [0.25, 0.3) is 15.7 Å². The van der Waals surface area contributed by atoms with Gasteiger partial charge in [-0.15, -0.1) is 11.3 Å². The van der Waals surface area contributed by atoms with Crippen molar-refractivity contribution in [2.24, 2.45) is 0 Å². The molecule has 4 rings (SSSR count). The molecule has 2 heterocycles. The lowest BCUT2D eigenvalue weighted by Crippen LogP contribution is -2.23. The average Bonchev–Trinajstić information content (AvgIpc) is 3.07. The highest BCUT2D eigenvalue weighted by Crippen LogP contribution is 2.37. The first kappa shape index (κ1) is 20.9. The molecule has 0 saturated heterocycles. The number of carbonyl (C=O) groups is 1. The van der Waals surface area contributed by atoms with Gasteiger partial charge in [0.05, 0.1) is 15.3 Å². The van der Waals surface area contributed by atoms with Crippen molar-refractivity contribution in [3.05, 3.63) is 74.6 Å². The summed E-state index contributed by atoms with van der Waals surface area (Å²) in [5.41, 5.74) is 2.96. The first-order valence-corrected chi connectivity index (χ1v) is 10.5. The van der Waals surface area contributed by atoms with Crippen molar-refractivity contribution in [1.82, 2.24) is 4.90 Å². The molecule has 0 fully saturated rings. The first-order chi connectivity index (χ1) is 13.3. The Kier molecular flexibility index (Phi) is 6.78. The molecule has 0 aliphatic carbocycles. The minimum atomic E-state index is -0.934. The fraction of sp³-hybridized carbons (Fsp3) is 0.227. The van der Waals surface area contributed by atoms with E-state index in [1.165, 1.54) is 38.2 Å². The highest BCUT2D eigenvalue weighted by atomic mass is 35.5. The van der Waals surface area contributed by atoms with E-state index in [-0.39, 0.29) is 5.56 Å². The average molecular weight is 434 g/mol. The summed E-state index contributed by atoms with van der Waals surface area (Å²) < 4.78 is 1.22. The molecule has 1 aromatic heterocycles. The second-order valence-corrected chi connectivity index (χ2v) is 8.73. The molecule has 0 unspecified atom stereocenters. The second kappa shape index (κ2) is 9.10. The molecule has 0 radical (unpaired) electrons. The lowest BCUT2D eigenvalue weighted by atomic mass is 10.1. The van der Waals surface area contributed by atoms with Crippen LogP contribution in [0.15, 0.2) is 48.5 Å². The summed E-state index contributed by atoms with van der Waals surface area (Å²) in [4.78, 5) is 14.0. The third kappa shape index (κ3) is 5.15. The zero-order chi connectivity index (χ0) is 20.3. The molecule has 146 valence electrons. The van der Waals surface area contributed by atoms with E-state index >= 15 is 0 Å². The largest absolute Gasteiger partial charge is 0.478 e. The van der Waals surface area contributed by atoms with Gasteiger partial charge in [0.1, 0.15) is 0 Å². The Labute approximate surface area is 178 Å². The molecule has 6 heteroatoms. The van der Waals surface area contributed by atoms with E-state index in [1.807, 2.05) is 17.4 Å². The molecule has 1 aliphatic rings. The monoisotopic (exact) mass is 433 g/mol. The van der Waals surface area contributed by atoms with Gasteiger partial charge in [-0.2, -0.15) is 0 Å². The maximum absolute atomic E-state index is 10.3. The van der Waals surface area contributed by atoms with Crippen LogP contribution in [0.4, 0.5) is 0 Å². The number of fused-ring (bicyclic) bond motifs is 1. The predicted octanol–water partition coefficient (Wildman–Crippen LogP) is 6.62. The molecule has 0 bridgehead atoms. The Bertz CT molecular complexity index is 1020. The zero-order valence-electron chi connectivity index (χ0n) is 15.7. The number of rotatable bonds is 2. The summed E-state index contributed by atoms with van der Waals surface area (Å²) in [5, 5.41) is 11.1. The van der Waals surface area contributed by atoms with Crippen LogP contribution in [0, 0.1) is 6.92 Å². The maximum atomic E-state index is 10.3. The molecule has 0 amide bonds. The molecule has 1 N–H and O–H groups in total. The number of thiophene rings is 1. The van der Waals surface area contributed by atoms with Crippen LogP contribution in [0.1, 0.15) is 27.2 Å². The Morgan fingerprint density at radius 1 is 1.14 bits per heavy atom. The fourth-order valence-corrected chi connectivity index (χ4v) is 4.63. The van der Waals surface area contributed by atoms with Crippen LogP contribution in [-0.2, 0) is 0 Å². The second-order valence-electron chi connectivity index (χ2n) is 6.83. The topological polar surface area (TPSA) is 40.5 Å². The minimum absolute atomic E-state index is 0.254. The third-order valence-corrected chi connectivity index (χ3v) is 6.46. The van der Waals surface area contributed by atoms with E-state index in [9.17, 15) is 4.79 Å². The number of halogens is 2. The number of nitrogens with zero attached hydrogens (tertiary/aromatic N) is 1. The maximum Gasteiger partial charge on any atom is 0.335 e. The van der Waals surface area contributed by atoms with Crippen molar-refractivity contribution >= 4 is 56.2 Å². The Hall–Kier alpha value is -1.85. The van der Waals surface area contributed by atoms with Gasteiger partial charge in [-0.3, -0.25) is 0 Å². The van der Waals surface area contributed by atoms with Crippen LogP contribution in [0.5, 0.6) is 0 Å². The van der Waals surface area contributed by atoms with Gasteiger partial charge in [-0.25, -0.2) is 4.79 Å². The SMILES string of the molecule is Cc1cc(Cl)c2sc(C3=CCN(C)CC3)cc2c1.O=C(O)c1ccc(Cl)cc1. The lowest BCUT2D eigenvalue weighted by Gasteiger charge is -2.21. The summed E-state index contributed by atoms with van der Waals surface area (Å²) >= 11 is 13.7. The highest BCUT2D eigenvalue weighted by Gasteiger charge is 2.13. The van der Waals surface area contributed by atoms with Crippen molar-refractivity contribution in [2.75, 3.05) is 20.1 Å². The molecule has 3 aromatic rings. The lowest BCUT2D eigenvalue weighted by molar-refractivity contribution is 0.0697. The third-order valence-electron chi connectivity index (χ3n) is 4.54. The van der Waals surface area contributed by atoms with Gasteiger partial charge in [-0.05, 0) is 73.3 Å². The van der Waals surface area contributed by atoms with Gasteiger partial charge >= 0.3 is 5.97 Å². The molecule has 0 spiro atoms. The number of hydrogen-bond donors (Lipinski definition) is 1. The number of likely N-dealkylation sites (N-methyl/N-ethyl adjacent to an activating group) is 1. The summed E-state index contributed by atoms with van der Waals surface area (Å²) in [7, 11) is 2.17. The number of aromatic carboxylic acids is 1. The molecule has 0 atom stereocenters. The summed E-state index contributed by atoms with van der Waals surface area (Å²) in [6.45, 7) is 4.29. The summed E-state index contributed by atoms with van der Waals surface area (Å²) in [6.07, 6.45) is 3.48. The van der Waals surface area contributed by atoms with Gasteiger partial charge in [0.25, 0.3) is 0 Å². The van der Waals surface area contributed by atoms with Crippen molar-refractivity contribution in [3.63, 3.8) is 0 Å². The van der Waals surface area contributed by atoms with E-state index in [2.05, 4.69) is 37.1 Å². The molecule has 3 nitrogen and oxygen atoms in total.